The number of anilines is 1. The number of hydrogen-bond acceptors (Lipinski definition) is 5. The van der Waals surface area contributed by atoms with Gasteiger partial charge in [-0.1, -0.05) is 35.1 Å². The minimum absolute atomic E-state index is 0.0838. The molecule has 0 aliphatic rings. The van der Waals surface area contributed by atoms with E-state index in [1.807, 2.05) is 18.2 Å². The maximum absolute atomic E-state index is 12.5. The molecule has 0 radical (unpaired) electrons. The Morgan fingerprint density at radius 1 is 1.22 bits per heavy atom. The second kappa shape index (κ2) is 8.37. The van der Waals surface area contributed by atoms with Crippen molar-refractivity contribution in [2.24, 2.45) is 0 Å². The standard InChI is InChI=1S/C19H18ClN3O3S/c1-11(24)21-16(12-3-5-13(20)6-4-12)10-18(25)23-19-22-15-8-7-14(26-2)9-17(15)27-19/h3-9,16H,10H2,1-2H3,(H,21,24)(H,22,23,25). The summed E-state index contributed by atoms with van der Waals surface area (Å²) in [6.07, 6.45) is 0.0838. The van der Waals surface area contributed by atoms with Crippen LogP contribution in [0, 0.1) is 0 Å². The van der Waals surface area contributed by atoms with E-state index in [1.54, 1.807) is 31.4 Å². The van der Waals surface area contributed by atoms with Crippen molar-refractivity contribution in [1.29, 1.82) is 0 Å². The average molecular weight is 404 g/mol. The molecule has 2 amide bonds. The zero-order valence-electron chi connectivity index (χ0n) is 14.8. The number of aromatic nitrogens is 1. The number of carbonyl (C=O) groups excluding carboxylic acids is 2. The molecule has 0 aliphatic heterocycles. The Kier molecular flexibility index (Phi) is 5.93. The SMILES string of the molecule is COc1ccc2nc(NC(=O)CC(NC(C)=O)c3ccc(Cl)cc3)sc2c1. The number of halogens is 1. The third-order valence-corrected chi connectivity index (χ3v) is 5.07. The van der Waals surface area contributed by atoms with E-state index in [2.05, 4.69) is 15.6 Å². The molecule has 0 aliphatic carbocycles. The lowest BCUT2D eigenvalue weighted by Gasteiger charge is -2.17. The summed E-state index contributed by atoms with van der Waals surface area (Å²) < 4.78 is 6.12. The van der Waals surface area contributed by atoms with Gasteiger partial charge in [-0.05, 0) is 35.9 Å². The van der Waals surface area contributed by atoms with Gasteiger partial charge in [0.2, 0.25) is 11.8 Å². The summed E-state index contributed by atoms with van der Waals surface area (Å²) in [5.41, 5.74) is 1.59. The molecule has 3 aromatic rings. The van der Waals surface area contributed by atoms with Gasteiger partial charge in [0.05, 0.1) is 29.8 Å². The number of benzene rings is 2. The first-order valence-electron chi connectivity index (χ1n) is 8.21. The molecule has 8 heteroatoms. The van der Waals surface area contributed by atoms with E-state index in [0.29, 0.717) is 10.2 Å². The summed E-state index contributed by atoms with van der Waals surface area (Å²) in [6, 6.07) is 12.1. The Labute approximate surface area is 165 Å². The molecule has 0 bridgehead atoms. The van der Waals surface area contributed by atoms with E-state index in [4.69, 9.17) is 16.3 Å². The molecule has 0 fully saturated rings. The van der Waals surface area contributed by atoms with Crippen LogP contribution in [0.25, 0.3) is 10.2 Å². The molecule has 1 aromatic heterocycles. The number of fused-ring (bicyclic) bond motifs is 1. The van der Waals surface area contributed by atoms with Crippen LogP contribution in [0.1, 0.15) is 24.9 Å². The molecular formula is C19H18ClN3O3S. The van der Waals surface area contributed by atoms with E-state index in [-0.39, 0.29) is 18.2 Å². The van der Waals surface area contributed by atoms with E-state index in [9.17, 15) is 9.59 Å². The van der Waals surface area contributed by atoms with Crippen LogP contribution in [-0.4, -0.2) is 23.9 Å². The average Bonchev–Trinajstić information content (AvgIpc) is 3.02. The minimum Gasteiger partial charge on any atom is -0.497 e. The first kappa shape index (κ1) is 19.1. The van der Waals surface area contributed by atoms with Gasteiger partial charge in [-0.25, -0.2) is 4.98 Å². The molecule has 0 spiro atoms. The number of thiazole rings is 1. The zero-order chi connectivity index (χ0) is 19.4. The van der Waals surface area contributed by atoms with E-state index in [1.165, 1.54) is 18.3 Å². The molecule has 1 heterocycles. The van der Waals surface area contributed by atoms with Crippen LogP contribution in [0.2, 0.25) is 5.02 Å². The van der Waals surface area contributed by atoms with Gasteiger partial charge in [-0.15, -0.1) is 0 Å². The van der Waals surface area contributed by atoms with Crippen LogP contribution < -0.4 is 15.4 Å². The van der Waals surface area contributed by atoms with E-state index < -0.39 is 6.04 Å². The molecule has 2 aromatic carbocycles. The van der Waals surface area contributed by atoms with Crippen LogP contribution in [0.15, 0.2) is 42.5 Å². The van der Waals surface area contributed by atoms with Crippen LogP contribution in [0.4, 0.5) is 5.13 Å². The molecule has 3 rings (SSSR count). The molecule has 6 nitrogen and oxygen atoms in total. The maximum Gasteiger partial charge on any atom is 0.228 e. The third-order valence-electron chi connectivity index (χ3n) is 3.88. The van der Waals surface area contributed by atoms with Gasteiger partial charge < -0.3 is 15.4 Å². The van der Waals surface area contributed by atoms with Crippen molar-refractivity contribution < 1.29 is 14.3 Å². The Bertz CT molecular complexity index is 972. The lowest BCUT2D eigenvalue weighted by atomic mass is 10.0. The predicted molar refractivity (Wildman–Crippen MR) is 107 cm³/mol. The molecule has 2 N–H and O–H groups in total. The number of ether oxygens (including phenoxy) is 1. The fourth-order valence-electron chi connectivity index (χ4n) is 2.63. The lowest BCUT2D eigenvalue weighted by Crippen LogP contribution is -2.29. The number of methoxy groups -OCH3 is 1. The zero-order valence-corrected chi connectivity index (χ0v) is 16.4. The van der Waals surface area contributed by atoms with Crippen molar-refractivity contribution >= 4 is 50.1 Å². The fraction of sp³-hybridized carbons (Fsp3) is 0.211. The van der Waals surface area contributed by atoms with Gasteiger partial charge >= 0.3 is 0 Å². The summed E-state index contributed by atoms with van der Waals surface area (Å²) in [5.74, 6) is 0.280. The smallest absolute Gasteiger partial charge is 0.228 e. The highest BCUT2D eigenvalue weighted by atomic mass is 35.5. The monoisotopic (exact) mass is 403 g/mol. The van der Waals surface area contributed by atoms with Crippen molar-refractivity contribution in [2.75, 3.05) is 12.4 Å². The van der Waals surface area contributed by atoms with Gasteiger partial charge in [0.15, 0.2) is 5.13 Å². The minimum atomic E-state index is -0.450. The molecular weight excluding hydrogens is 386 g/mol. The molecule has 1 unspecified atom stereocenters. The summed E-state index contributed by atoms with van der Waals surface area (Å²) in [4.78, 5) is 28.4. The number of rotatable bonds is 6. The second-order valence-corrected chi connectivity index (χ2v) is 7.38. The van der Waals surface area contributed by atoms with Crippen molar-refractivity contribution in [3.05, 3.63) is 53.1 Å². The van der Waals surface area contributed by atoms with Crippen molar-refractivity contribution in [3.63, 3.8) is 0 Å². The highest BCUT2D eigenvalue weighted by Crippen LogP contribution is 2.29. The number of amides is 2. The molecule has 0 saturated heterocycles. The molecule has 1 atom stereocenters. The van der Waals surface area contributed by atoms with Crippen LogP contribution in [-0.2, 0) is 9.59 Å². The summed E-state index contributed by atoms with van der Waals surface area (Å²) in [7, 11) is 1.60. The first-order valence-corrected chi connectivity index (χ1v) is 9.41. The molecule has 140 valence electrons. The van der Waals surface area contributed by atoms with Gasteiger partial charge in [0, 0.05) is 11.9 Å². The summed E-state index contributed by atoms with van der Waals surface area (Å²) in [5, 5.41) is 6.69. The Morgan fingerprint density at radius 3 is 2.63 bits per heavy atom. The van der Waals surface area contributed by atoms with Crippen molar-refractivity contribution in [1.82, 2.24) is 10.3 Å². The van der Waals surface area contributed by atoms with E-state index in [0.717, 1.165) is 21.5 Å². The Balaban J connectivity index is 1.73. The number of hydrogen-bond donors (Lipinski definition) is 2. The highest BCUT2D eigenvalue weighted by molar-refractivity contribution is 7.22. The topological polar surface area (TPSA) is 80.3 Å². The largest absolute Gasteiger partial charge is 0.497 e. The second-order valence-electron chi connectivity index (χ2n) is 5.91. The third kappa shape index (κ3) is 4.96. The maximum atomic E-state index is 12.5. The summed E-state index contributed by atoms with van der Waals surface area (Å²) in [6.45, 7) is 1.42. The number of nitrogens with one attached hydrogen (secondary N) is 2. The number of nitrogens with zero attached hydrogens (tertiary/aromatic N) is 1. The lowest BCUT2D eigenvalue weighted by molar-refractivity contribution is -0.120. The van der Waals surface area contributed by atoms with Gasteiger partial charge in [-0.2, -0.15) is 0 Å². The van der Waals surface area contributed by atoms with E-state index >= 15 is 0 Å². The van der Waals surface area contributed by atoms with Gasteiger partial charge in [-0.3, -0.25) is 9.59 Å². The Hall–Kier alpha value is -2.64. The fourth-order valence-corrected chi connectivity index (χ4v) is 3.67. The summed E-state index contributed by atoms with van der Waals surface area (Å²) >= 11 is 7.28. The molecule has 0 saturated carbocycles. The van der Waals surface area contributed by atoms with Crippen LogP contribution >= 0.6 is 22.9 Å². The van der Waals surface area contributed by atoms with Crippen molar-refractivity contribution in [2.45, 2.75) is 19.4 Å². The van der Waals surface area contributed by atoms with Crippen molar-refractivity contribution in [3.8, 4) is 5.75 Å². The number of carbonyl (C=O) groups is 2. The van der Waals surface area contributed by atoms with Crippen LogP contribution in [0.3, 0.4) is 0 Å². The normalized spacial score (nSPS) is 11.8. The van der Waals surface area contributed by atoms with Gasteiger partial charge in [0.25, 0.3) is 0 Å². The van der Waals surface area contributed by atoms with Gasteiger partial charge in [0.1, 0.15) is 5.75 Å². The highest BCUT2D eigenvalue weighted by Gasteiger charge is 2.18. The first-order chi connectivity index (χ1) is 12.9. The predicted octanol–water partition coefficient (Wildman–Crippen LogP) is 4.16. The molecule has 27 heavy (non-hydrogen) atoms. The van der Waals surface area contributed by atoms with Crippen LogP contribution in [0.5, 0.6) is 5.75 Å². The quantitative estimate of drug-likeness (QED) is 0.647. The Morgan fingerprint density at radius 2 is 1.96 bits per heavy atom.